The first-order valence-electron chi connectivity index (χ1n) is 6.65. The number of hydrogen-bond acceptors (Lipinski definition) is 5. The zero-order valence-corrected chi connectivity index (χ0v) is 11.6. The molecule has 2 rings (SSSR count). The Balaban J connectivity index is 2.03. The lowest BCUT2D eigenvalue weighted by molar-refractivity contribution is -0.121. The number of rotatable bonds is 3. The van der Waals surface area contributed by atoms with Gasteiger partial charge in [0.05, 0.1) is 12.5 Å². The van der Waals surface area contributed by atoms with Crippen molar-refractivity contribution in [1.82, 2.24) is 10.2 Å². The highest BCUT2D eigenvalue weighted by atomic mass is 16.4. The fourth-order valence-electron chi connectivity index (χ4n) is 2.42. The summed E-state index contributed by atoms with van der Waals surface area (Å²) in [4.78, 5) is 11.7. The average Bonchev–Trinajstić information content (AvgIpc) is 2.97. The molecule has 0 radical (unpaired) electrons. The molecule has 2 unspecified atom stereocenters. The lowest BCUT2D eigenvalue weighted by Crippen LogP contribution is -2.11. The van der Waals surface area contributed by atoms with E-state index >= 15 is 0 Å². The van der Waals surface area contributed by atoms with Crippen LogP contribution in [-0.2, 0) is 10.2 Å². The van der Waals surface area contributed by atoms with Gasteiger partial charge in [0.1, 0.15) is 5.78 Å². The summed E-state index contributed by atoms with van der Waals surface area (Å²) in [5, 5.41) is 16.8. The molecule has 102 valence electrons. The minimum absolute atomic E-state index is 0.00839. The Labute approximate surface area is 113 Å². The van der Waals surface area contributed by atoms with Crippen molar-refractivity contribution < 1.29 is 9.21 Å². The second-order valence-electron chi connectivity index (χ2n) is 6.20. The van der Waals surface area contributed by atoms with Crippen LogP contribution in [0.2, 0.25) is 0 Å². The van der Waals surface area contributed by atoms with E-state index in [1.54, 1.807) is 0 Å². The van der Waals surface area contributed by atoms with E-state index in [1.165, 1.54) is 0 Å². The predicted octanol–water partition coefficient (Wildman–Crippen LogP) is 2.73. The third kappa shape index (κ3) is 3.01. The minimum Gasteiger partial charge on any atom is -0.424 e. The number of carbonyl (C=O) groups excluding carboxylic acids is 1. The van der Waals surface area contributed by atoms with Crippen LogP contribution in [0.5, 0.6) is 0 Å². The summed E-state index contributed by atoms with van der Waals surface area (Å²) in [5.74, 6) is 1.46. The van der Waals surface area contributed by atoms with Gasteiger partial charge >= 0.3 is 0 Å². The molecule has 0 aromatic carbocycles. The van der Waals surface area contributed by atoms with Gasteiger partial charge in [0.2, 0.25) is 11.8 Å². The zero-order chi connectivity index (χ0) is 14.0. The quantitative estimate of drug-likeness (QED) is 0.835. The molecule has 5 heteroatoms. The van der Waals surface area contributed by atoms with E-state index in [4.69, 9.17) is 9.68 Å². The molecular formula is C14H19N3O2. The molecule has 5 nitrogen and oxygen atoms in total. The van der Waals surface area contributed by atoms with Crippen LogP contribution >= 0.6 is 0 Å². The lowest BCUT2D eigenvalue weighted by Gasteiger charge is -2.11. The Kier molecular flexibility index (Phi) is 3.70. The molecule has 1 aliphatic carbocycles. The lowest BCUT2D eigenvalue weighted by atomic mass is 9.97. The maximum Gasteiger partial charge on any atom is 0.221 e. The Morgan fingerprint density at radius 2 is 2.16 bits per heavy atom. The molecule has 1 saturated carbocycles. The molecular weight excluding hydrogens is 242 g/mol. The Morgan fingerprint density at radius 3 is 2.74 bits per heavy atom. The van der Waals surface area contributed by atoms with Crippen molar-refractivity contribution in [3.05, 3.63) is 11.8 Å². The van der Waals surface area contributed by atoms with Gasteiger partial charge in [-0.2, -0.15) is 5.26 Å². The smallest absolute Gasteiger partial charge is 0.221 e. The van der Waals surface area contributed by atoms with E-state index in [2.05, 4.69) is 10.2 Å². The van der Waals surface area contributed by atoms with Crippen LogP contribution in [0, 0.1) is 17.2 Å². The molecule has 1 aromatic rings. The monoisotopic (exact) mass is 261 g/mol. The molecule has 0 bridgehead atoms. The molecule has 2 atom stereocenters. The van der Waals surface area contributed by atoms with E-state index in [0.717, 1.165) is 19.3 Å². The van der Waals surface area contributed by atoms with Gasteiger partial charge in [0, 0.05) is 17.3 Å². The standard InChI is InChI=1S/C14H19N3O2/c1-14(2,3)13-17-16-12(19-13)10-5-4-9(8-10)11(18)6-7-15/h9-10H,4-6,8H2,1-3H3. The third-order valence-corrected chi connectivity index (χ3v) is 3.57. The van der Waals surface area contributed by atoms with Crippen LogP contribution in [0.15, 0.2) is 4.42 Å². The Morgan fingerprint density at radius 1 is 1.42 bits per heavy atom. The van der Waals surface area contributed by atoms with Gasteiger partial charge in [0.15, 0.2) is 0 Å². The van der Waals surface area contributed by atoms with Crippen LogP contribution in [0.1, 0.15) is 64.2 Å². The fourth-order valence-corrected chi connectivity index (χ4v) is 2.42. The largest absolute Gasteiger partial charge is 0.424 e. The summed E-state index contributed by atoms with van der Waals surface area (Å²) in [5.41, 5.74) is -0.153. The van der Waals surface area contributed by atoms with Crippen molar-refractivity contribution in [2.45, 2.75) is 57.8 Å². The van der Waals surface area contributed by atoms with Crippen molar-refractivity contribution in [2.75, 3.05) is 0 Å². The van der Waals surface area contributed by atoms with Gasteiger partial charge in [0.25, 0.3) is 0 Å². The first kappa shape index (κ1) is 13.7. The molecule has 0 aliphatic heterocycles. The molecule has 1 aliphatic rings. The number of nitriles is 1. The minimum atomic E-state index is -0.153. The summed E-state index contributed by atoms with van der Waals surface area (Å²) in [6, 6.07) is 1.92. The highest BCUT2D eigenvalue weighted by Crippen LogP contribution is 2.39. The van der Waals surface area contributed by atoms with Gasteiger partial charge in [-0.3, -0.25) is 4.79 Å². The SMILES string of the molecule is CC(C)(C)c1nnc(C2CCC(C(=O)CC#N)C2)o1. The first-order valence-corrected chi connectivity index (χ1v) is 6.65. The van der Waals surface area contributed by atoms with E-state index < -0.39 is 0 Å². The fraction of sp³-hybridized carbons (Fsp3) is 0.714. The predicted molar refractivity (Wildman–Crippen MR) is 68.3 cm³/mol. The number of nitrogens with zero attached hydrogens (tertiary/aromatic N) is 3. The molecule has 0 saturated heterocycles. The van der Waals surface area contributed by atoms with Crippen LogP contribution in [0.3, 0.4) is 0 Å². The van der Waals surface area contributed by atoms with E-state index in [0.29, 0.717) is 11.8 Å². The van der Waals surface area contributed by atoms with Gasteiger partial charge in [-0.25, -0.2) is 0 Å². The molecule has 1 aromatic heterocycles. The summed E-state index contributed by atoms with van der Waals surface area (Å²) >= 11 is 0. The molecule has 0 spiro atoms. The number of carbonyl (C=O) groups is 1. The van der Waals surface area contributed by atoms with E-state index in [1.807, 2.05) is 26.8 Å². The van der Waals surface area contributed by atoms with Crippen molar-refractivity contribution in [1.29, 1.82) is 5.26 Å². The molecule has 1 heterocycles. The maximum atomic E-state index is 11.7. The van der Waals surface area contributed by atoms with Crippen molar-refractivity contribution in [3.8, 4) is 6.07 Å². The zero-order valence-electron chi connectivity index (χ0n) is 11.6. The van der Waals surface area contributed by atoms with E-state index in [9.17, 15) is 4.79 Å². The van der Waals surface area contributed by atoms with Crippen LogP contribution < -0.4 is 0 Å². The van der Waals surface area contributed by atoms with Gasteiger partial charge in [-0.1, -0.05) is 20.8 Å². The van der Waals surface area contributed by atoms with Crippen molar-refractivity contribution >= 4 is 5.78 Å². The van der Waals surface area contributed by atoms with Crippen LogP contribution in [0.4, 0.5) is 0 Å². The molecule has 0 amide bonds. The first-order chi connectivity index (χ1) is 8.91. The molecule has 0 N–H and O–H groups in total. The van der Waals surface area contributed by atoms with Crippen LogP contribution in [-0.4, -0.2) is 16.0 Å². The van der Waals surface area contributed by atoms with E-state index in [-0.39, 0.29) is 29.5 Å². The number of ketones is 1. The summed E-state index contributed by atoms with van der Waals surface area (Å²) in [6.45, 7) is 6.08. The Hall–Kier alpha value is -1.70. The number of Topliss-reactive ketones (excluding diaryl/α,β-unsaturated/α-hetero) is 1. The van der Waals surface area contributed by atoms with Crippen molar-refractivity contribution in [3.63, 3.8) is 0 Å². The summed E-state index contributed by atoms with van der Waals surface area (Å²) in [6.07, 6.45) is 2.44. The summed E-state index contributed by atoms with van der Waals surface area (Å²) in [7, 11) is 0. The topological polar surface area (TPSA) is 79.8 Å². The summed E-state index contributed by atoms with van der Waals surface area (Å²) < 4.78 is 5.72. The second kappa shape index (κ2) is 5.12. The van der Waals surface area contributed by atoms with Gasteiger partial charge < -0.3 is 4.42 Å². The highest BCUT2D eigenvalue weighted by molar-refractivity contribution is 5.83. The van der Waals surface area contributed by atoms with Crippen LogP contribution in [0.25, 0.3) is 0 Å². The second-order valence-corrected chi connectivity index (χ2v) is 6.20. The van der Waals surface area contributed by atoms with Gasteiger partial charge in [-0.15, -0.1) is 10.2 Å². The Bertz CT molecular complexity index is 507. The average molecular weight is 261 g/mol. The third-order valence-electron chi connectivity index (χ3n) is 3.57. The van der Waals surface area contributed by atoms with Gasteiger partial charge in [-0.05, 0) is 19.3 Å². The maximum absolute atomic E-state index is 11.7. The number of aromatic nitrogens is 2. The highest BCUT2D eigenvalue weighted by Gasteiger charge is 2.34. The molecule has 1 fully saturated rings. The normalized spacial score (nSPS) is 23.3. The number of hydrogen-bond donors (Lipinski definition) is 0. The molecule has 19 heavy (non-hydrogen) atoms. The van der Waals surface area contributed by atoms with Crippen molar-refractivity contribution in [2.24, 2.45) is 5.92 Å².